The Hall–Kier alpha value is -2.92. The summed E-state index contributed by atoms with van der Waals surface area (Å²) in [5.41, 5.74) is 0. The summed E-state index contributed by atoms with van der Waals surface area (Å²) in [4.78, 5) is 25.4. The number of allylic oxidation sites excluding steroid dienone is 14. The Balaban J connectivity index is 4.31. The average Bonchev–Trinajstić information content (AvgIpc) is 3.30. The number of carbonyl (C=O) groups excluding carboxylic acids is 2. The molecule has 0 aromatic carbocycles. The molecule has 0 fully saturated rings. The van der Waals surface area contributed by atoms with Crippen LogP contribution in [0.1, 0.15) is 252 Å². The first-order valence-corrected chi connectivity index (χ1v) is 27.1. The van der Waals surface area contributed by atoms with Gasteiger partial charge in [-0.15, -0.1) is 0 Å². The van der Waals surface area contributed by atoms with E-state index in [-0.39, 0.29) is 25.2 Å². The molecule has 1 unspecified atom stereocenters. The summed E-state index contributed by atoms with van der Waals surface area (Å²) in [7, 11) is 0. The fourth-order valence-electron chi connectivity index (χ4n) is 7.46. The molecule has 0 aliphatic heterocycles. The second-order valence-corrected chi connectivity index (χ2v) is 17.7. The maximum atomic E-state index is 12.8. The number of esters is 2. The Morgan fingerprint density at radius 2 is 0.703 bits per heavy atom. The lowest BCUT2D eigenvalue weighted by molar-refractivity contribution is -0.163. The Bertz CT molecular complexity index is 1190. The van der Waals surface area contributed by atoms with E-state index in [4.69, 9.17) is 14.2 Å². The number of ether oxygens (including phenoxy) is 3. The lowest BCUT2D eigenvalue weighted by Crippen LogP contribution is -2.30. The van der Waals surface area contributed by atoms with E-state index in [9.17, 15) is 9.59 Å². The number of rotatable bonds is 49. The van der Waals surface area contributed by atoms with Crippen LogP contribution in [0, 0.1) is 0 Å². The Kier molecular flexibility index (Phi) is 51.9. The van der Waals surface area contributed by atoms with Gasteiger partial charge in [0.25, 0.3) is 0 Å². The highest BCUT2D eigenvalue weighted by Crippen LogP contribution is 2.16. The Labute approximate surface area is 397 Å². The monoisotopic (exact) mass is 891 g/mol. The van der Waals surface area contributed by atoms with Gasteiger partial charge in [-0.25, -0.2) is 0 Å². The van der Waals surface area contributed by atoms with Gasteiger partial charge in [0.15, 0.2) is 6.10 Å². The molecule has 0 saturated heterocycles. The third kappa shape index (κ3) is 51.7. The van der Waals surface area contributed by atoms with E-state index in [1.54, 1.807) is 0 Å². The highest BCUT2D eigenvalue weighted by atomic mass is 16.6. The quantitative estimate of drug-likeness (QED) is 0.0346. The van der Waals surface area contributed by atoms with Gasteiger partial charge in [-0.2, -0.15) is 0 Å². The number of hydrogen-bond donors (Lipinski definition) is 0. The maximum Gasteiger partial charge on any atom is 0.306 e. The van der Waals surface area contributed by atoms with E-state index in [2.05, 4.69) is 106 Å². The van der Waals surface area contributed by atoms with Crippen LogP contribution in [0.15, 0.2) is 85.1 Å². The summed E-state index contributed by atoms with van der Waals surface area (Å²) in [6.07, 6.45) is 71.8. The van der Waals surface area contributed by atoms with Crippen molar-refractivity contribution in [1.29, 1.82) is 0 Å². The van der Waals surface area contributed by atoms with Crippen molar-refractivity contribution in [2.45, 2.75) is 258 Å². The van der Waals surface area contributed by atoms with Crippen LogP contribution in [-0.4, -0.2) is 37.9 Å². The van der Waals surface area contributed by atoms with Crippen LogP contribution in [0.5, 0.6) is 0 Å². The van der Waals surface area contributed by atoms with E-state index >= 15 is 0 Å². The predicted molar refractivity (Wildman–Crippen MR) is 279 cm³/mol. The predicted octanol–water partition coefficient (Wildman–Crippen LogP) is 18.5. The Morgan fingerprint density at radius 1 is 0.359 bits per heavy atom. The molecule has 0 heterocycles. The van der Waals surface area contributed by atoms with Gasteiger partial charge in [0.1, 0.15) is 6.61 Å². The molecule has 0 rings (SSSR count). The molecule has 64 heavy (non-hydrogen) atoms. The third-order valence-electron chi connectivity index (χ3n) is 11.4. The molecule has 0 aromatic heterocycles. The second kappa shape index (κ2) is 54.4. The molecule has 0 spiro atoms. The lowest BCUT2D eigenvalue weighted by atomic mass is 10.0. The minimum Gasteiger partial charge on any atom is -0.462 e. The van der Waals surface area contributed by atoms with Crippen LogP contribution in [-0.2, 0) is 23.8 Å². The summed E-state index contributed by atoms with van der Waals surface area (Å²) >= 11 is 0. The van der Waals surface area contributed by atoms with Crippen LogP contribution in [0.3, 0.4) is 0 Å². The van der Waals surface area contributed by atoms with E-state index in [1.165, 1.54) is 122 Å². The van der Waals surface area contributed by atoms with Crippen LogP contribution in [0.4, 0.5) is 0 Å². The third-order valence-corrected chi connectivity index (χ3v) is 11.4. The summed E-state index contributed by atoms with van der Waals surface area (Å²) in [6, 6.07) is 0. The first-order valence-electron chi connectivity index (χ1n) is 27.1. The zero-order valence-electron chi connectivity index (χ0n) is 42.3. The topological polar surface area (TPSA) is 61.8 Å². The summed E-state index contributed by atoms with van der Waals surface area (Å²) in [5.74, 6) is -0.453. The number of carbonyl (C=O) groups is 2. The molecule has 0 aliphatic rings. The maximum absolute atomic E-state index is 12.8. The van der Waals surface area contributed by atoms with Crippen molar-refractivity contribution < 1.29 is 23.8 Å². The van der Waals surface area contributed by atoms with Crippen molar-refractivity contribution in [3.63, 3.8) is 0 Å². The van der Waals surface area contributed by atoms with Gasteiger partial charge in [-0.3, -0.25) is 9.59 Å². The lowest BCUT2D eigenvalue weighted by Gasteiger charge is -2.18. The standard InChI is InChI=1S/C59H102O5/c1-4-7-10-13-16-19-22-25-28-29-30-31-33-34-37-40-43-46-49-52-58(60)63-56-57(55-62-54-51-48-45-42-39-36-27-24-21-18-15-12-9-6-3)64-59(61)53-50-47-44-41-38-35-32-26-23-20-17-14-11-8-5-2/h8-9,11-12,17-18,20-21,26-27,32,36,38,41,57H,4-7,10,13-16,19,22-25,28-31,33-35,37,39-40,42-56H2,1-3H3/b11-8-,12-9-,20-17-,21-18-,32-26-,36-27-,41-38-. The SMILES string of the molecule is CC/C=C\C/C=C\C/C=C\C/C=C\CCCCC(=O)OC(COCCCCCC/C=C\C/C=C\C/C=C\CC)COC(=O)CCCCCCCCCCCCCCCCCCCCC. The fourth-order valence-corrected chi connectivity index (χ4v) is 7.46. The normalized spacial score (nSPS) is 12.9. The van der Waals surface area contributed by atoms with Gasteiger partial charge >= 0.3 is 11.9 Å². The minimum atomic E-state index is -0.572. The van der Waals surface area contributed by atoms with Crippen LogP contribution in [0.2, 0.25) is 0 Å². The van der Waals surface area contributed by atoms with Gasteiger partial charge in [0.2, 0.25) is 0 Å². The molecule has 0 amide bonds. The molecule has 0 saturated carbocycles. The van der Waals surface area contributed by atoms with E-state index in [0.717, 1.165) is 96.3 Å². The first kappa shape index (κ1) is 61.1. The van der Waals surface area contributed by atoms with E-state index < -0.39 is 6.10 Å². The molecule has 1 atom stereocenters. The molecule has 0 aromatic rings. The van der Waals surface area contributed by atoms with E-state index in [1.807, 2.05) is 0 Å². The van der Waals surface area contributed by atoms with Crippen LogP contribution < -0.4 is 0 Å². The Morgan fingerprint density at radius 3 is 1.16 bits per heavy atom. The highest BCUT2D eigenvalue weighted by molar-refractivity contribution is 5.70. The van der Waals surface area contributed by atoms with Gasteiger partial charge < -0.3 is 14.2 Å². The number of hydrogen-bond acceptors (Lipinski definition) is 5. The average molecular weight is 891 g/mol. The van der Waals surface area contributed by atoms with Crippen molar-refractivity contribution in [2.24, 2.45) is 0 Å². The summed E-state index contributed by atoms with van der Waals surface area (Å²) in [5, 5.41) is 0. The molecule has 0 aliphatic carbocycles. The molecule has 5 heteroatoms. The zero-order valence-corrected chi connectivity index (χ0v) is 42.3. The van der Waals surface area contributed by atoms with Crippen molar-refractivity contribution >= 4 is 11.9 Å². The number of unbranched alkanes of at least 4 members (excludes halogenated alkanes) is 24. The van der Waals surface area contributed by atoms with Gasteiger partial charge in [0.05, 0.1) is 6.61 Å². The van der Waals surface area contributed by atoms with Crippen molar-refractivity contribution in [1.82, 2.24) is 0 Å². The zero-order chi connectivity index (χ0) is 46.3. The van der Waals surface area contributed by atoms with Gasteiger partial charge in [0, 0.05) is 19.4 Å². The highest BCUT2D eigenvalue weighted by Gasteiger charge is 2.17. The summed E-state index contributed by atoms with van der Waals surface area (Å²) in [6.45, 7) is 7.53. The second-order valence-electron chi connectivity index (χ2n) is 17.7. The molecular formula is C59H102O5. The fraction of sp³-hybridized carbons (Fsp3) is 0.729. The molecule has 0 N–H and O–H groups in total. The van der Waals surface area contributed by atoms with Crippen LogP contribution >= 0.6 is 0 Å². The molecule has 5 nitrogen and oxygen atoms in total. The van der Waals surface area contributed by atoms with Crippen molar-refractivity contribution in [2.75, 3.05) is 19.8 Å². The molecular weight excluding hydrogens is 789 g/mol. The summed E-state index contributed by atoms with van der Waals surface area (Å²) < 4.78 is 17.4. The smallest absolute Gasteiger partial charge is 0.306 e. The molecule has 0 bridgehead atoms. The van der Waals surface area contributed by atoms with Crippen molar-refractivity contribution in [3.05, 3.63) is 85.1 Å². The molecule has 0 radical (unpaired) electrons. The largest absolute Gasteiger partial charge is 0.462 e. The van der Waals surface area contributed by atoms with Gasteiger partial charge in [-0.05, 0) is 89.9 Å². The minimum absolute atomic E-state index is 0.0581. The van der Waals surface area contributed by atoms with Gasteiger partial charge in [-0.1, -0.05) is 234 Å². The van der Waals surface area contributed by atoms with Crippen molar-refractivity contribution in [3.8, 4) is 0 Å². The van der Waals surface area contributed by atoms with E-state index in [0.29, 0.717) is 19.4 Å². The first-order chi connectivity index (χ1) is 31.6. The molecule has 368 valence electrons. The van der Waals surface area contributed by atoms with Crippen LogP contribution in [0.25, 0.3) is 0 Å².